The molecule has 1 rings (SSSR count). The topological polar surface area (TPSA) is 46.3 Å². The minimum Gasteiger partial charge on any atom is -0.329 e. The Kier molecular flexibility index (Phi) is 4.91. The van der Waals surface area contributed by atoms with E-state index in [-0.39, 0.29) is 5.91 Å². The minimum atomic E-state index is -0.517. The number of hydrogen-bond acceptors (Lipinski definition) is 2. The Morgan fingerprint density at radius 1 is 1.28 bits per heavy atom. The summed E-state index contributed by atoms with van der Waals surface area (Å²) in [5.74, 6) is 0.0493. The lowest BCUT2D eigenvalue weighted by Crippen LogP contribution is -2.42. The molecule has 100 valence electrons. The van der Waals surface area contributed by atoms with Gasteiger partial charge in [-0.3, -0.25) is 4.79 Å². The maximum atomic E-state index is 12.3. The molecule has 0 bridgehead atoms. The molecule has 1 amide bonds. The van der Waals surface area contributed by atoms with Gasteiger partial charge in [0.1, 0.15) is 0 Å². The Morgan fingerprint density at radius 3 is 2.28 bits per heavy atom. The molecule has 2 N–H and O–H groups in total. The third kappa shape index (κ3) is 3.33. The van der Waals surface area contributed by atoms with Gasteiger partial charge in [0.2, 0.25) is 5.91 Å². The SMILES string of the molecule is CCCc1ccc(N(C)C(=O)C(C)(C)CN)cc1. The monoisotopic (exact) mass is 248 g/mol. The van der Waals surface area contributed by atoms with Gasteiger partial charge in [-0.2, -0.15) is 0 Å². The van der Waals surface area contributed by atoms with Gasteiger partial charge in [-0.1, -0.05) is 25.5 Å². The normalized spacial score (nSPS) is 11.4. The molecule has 0 spiro atoms. The Morgan fingerprint density at radius 2 is 1.83 bits per heavy atom. The van der Waals surface area contributed by atoms with Crippen LogP contribution in [0.1, 0.15) is 32.8 Å². The standard InChI is InChI=1S/C15H24N2O/c1-5-6-12-7-9-13(10-8-12)17(4)14(18)15(2,3)11-16/h7-10H,5-6,11,16H2,1-4H3. The molecule has 0 unspecified atom stereocenters. The summed E-state index contributed by atoms with van der Waals surface area (Å²) in [4.78, 5) is 13.9. The number of aryl methyl sites for hydroxylation is 1. The molecule has 0 heterocycles. The van der Waals surface area contributed by atoms with Crippen molar-refractivity contribution in [2.75, 3.05) is 18.5 Å². The lowest BCUT2D eigenvalue weighted by Gasteiger charge is -2.28. The van der Waals surface area contributed by atoms with Crippen molar-refractivity contribution in [3.63, 3.8) is 0 Å². The number of nitrogens with two attached hydrogens (primary N) is 1. The summed E-state index contributed by atoms with van der Waals surface area (Å²) in [5.41, 5.74) is 7.35. The molecule has 3 heteroatoms. The fourth-order valence-electron chi connectivity index (χ4n) is 1.83. The molecule has 0 fully saturated rings. The van der Waals surface area contributed by atoms with Gasteiger partial charge in [0.05, 0.1) is 5.41 Å². The predicted octanol–water partition coefficient (Wildman–Crippen LogP) is 2.59. The molecule has 0 aliphatic rings. The average molecular weight is 248 g/mol. The third-order valence-corrected chi connectivity index (χ3v) is 3.26. The van der Waals surface area contributed by atoms with Crippen molar-refractivity contribution >= 4 is 11.6 Å². The molecule has 0 saturated carbocycles. The summed E-state index contributed by atoms with van der Waals surface area (Å²) in [6, 6.07) is 8.15. The van der Waals surface area contributed by atoms with Crippen molar-refractivity contribution in [3.05, 3.63) is 29.8 Å². The molecular formula is C15H24N2O. The summed E-state index contributed by atoms with van der Waals surface area (Å²) in [7, 11) is 1.80. The first kappa shape index (κ1) is 14.7. The first-order valence-electron chi connectivity index (χ1n) is 6.49. The van der Waals surface area contributed by atoms with Crippen molar-refractivity contribution in [1.82, 2.24) is 0 Å². The van der Waals surface area contributed by atoms with Crippen molar-refractivity contribution in [2.45, 2.75) is 33.6 Å². The largest absolute Gasteiger partial charge is 0.329 e. The number of benzene rings is 1. The molecule has 0 atom stereocenters. The second-order valence-electron chi connectivity index (χ2n) is 5.37. The van der Waals surface area contributed by atoms with Crippen molar-refractivity contribution in [3.8, 4) is 0 Å². The van der Waals surface area contributed by atoms with Crippen LogP contribution >= 0.6 is 0 Å². The van der Waals surface area contributed by atoms with Crippen LogP contribution in [0.5, 0.6) is 0 Å². The van der Waals surface area contributed by atoms with Crippen LogP contribution in [-0.4, -0.2) is 19.5 Å². The molecule has 1 aromatic rings. The van der Waals surface area contributed by atoms with Crippen LogP contribution in [0.2, 0.25) is 0 Å². The molecule has 0 aliphatic carbocycles. The zero-order valence-corrected chi connectivity index (χ0v) is 11.9. The molecule has 0 aliphatic heterocycles. The van der Waals surface area contributed by atoms with Gasteiger partial charge in [-0.05, 0) is 38.0 Å². The summed E-state index contributed by atoms with van der Waals surface area (Å²) < 4.78 is 0. The van der Waals surface area contributed by atoms with Gasteiger partial charge < -0.3 is 10.6 Å². The van der Waals surface area contributed by atoms with E-state index in [1.165, 1.54) is 5.56 Å². The van der Waals surface area contributed by atoms with Gasteiger partial charge in [0.25, 0.3) is 0 Å². The Bertz CT molecular complexity index is 395. The quantitative estimate of drug-likeness (QED) is 0.870. The Balaban J connectivity index is 2.84. The fourth-order valence-corrected chi connectivity index (χ4v) is 1.83. The number of amides is 1. The van der Waals surface area contributed by atoms with E-state index in [0.29, 0.717) is 6.54 Å². The van der Waals surface area contributed by atoms with Crippen molar-refractivity contribution < 1.29 is 4.79 Å². The van der Waals surface area contributed by atoms with Crippen LogP contribution in [0.15, 0.2) is 24.3 Å². The average Bonchev–Trinajstić information content (AvgIpc) is 2.38. The van der Waals surface area contributed by atoms with Crippen LogP contribution in [-0.2, 0) is 11.2 Å². The molecule has 0 saturated heterocycles. The van der Waals surface area contributed by atoms with Crippen LogP contribution in [0.25, 0.3) is 0 Å². The van der Waals surface area contributed by atoms with Crippen LogP contribution < -0.4 is 10.6 Å². The van der Waals surface area contributed by atoms with Crippen LogP contribution in [0.4, 0.5) is 5.69 Å². The summed E-state index contributed by atoms with van der Waals surface area (Å²) in [6.07, 6.45) is 2.21. The summed E-state index contributed by atoms with van der Waals surface area (Å²) in [5, 5.41) is 0. The number of carbonyl (C=O) groups excluding carboxylic acids is 1. The first-order valence-corrected chi connectivity index (χ1v) is 6.49. The number of nitrogens with zero attached hydrogens (tertiary/aromatic N) is 1. The molecule has 1 aromatic carbocycles. The predicted molar refractivity (Wildman–Crippen MR) is 76.7 cm³/mol. The van der Waals surface area contributed by atoms with Gasteiger partial charge in [0, 0.05) is 19.3 Å². The van der Waals surface area contributed by atoms with E-state index in [1.807, 2.05) is 26.0 Å². The van der Waals surface area contributed by atoms with E-state index in [0.717, 1.165) is 18.5 Å². The lowest BCUT2D eigenvalue weighted by atomic mass is 9.92. The van der Waals surface area contributed by atoms with E-state index >= 15 is 0 Å². The van der Waals surface area contributed by atoms with Crippen molar-refractivity contribution in [1.29, 1.82) is 0 Å². The Hall–Kier alpha value is -1.35. The second-order valence-corrected chi connectivity index (χ2v) is 5.37. The van der Waals surface area contributed by atoms with Gasteiger partial charge >= 0.3 is 0 Å². The molecule has 3 nitrogen and oxygen atoms in total. The number of anilines is 1. The van der Waals surface area contributed by atoms with Crippen molar-refractivity contribution in [2.24, 2.45) is 11.1 Å². The number of rotatable bonds is 5. The molecule has 18 heavy (non-hydrogen) atoms. The van der Waals surface area contributed by atoms with E-state index in [4.69, 9.17) is 5.73 Å². The summed E-state index contributed by atoms with van der Waals surface area (Å²) >= 11 is 0. The highest BCUT2D eigenvalue weighted by Crippen LogP contribution is 2.22. The van der Waals surface area contributed by atoms with Gasteiger partial charge in [-0.15, -0.1) is 0 Å². The number of hydrogen-bond donors (Lipinski definition) is 1. The van der Waals surface area contributed by atoms with E-state index < -0.39 is 5.41 Å². The first-order chi connectivity index (χ1) is 8.42. The Labute approximate surface area is 110 Å². The molecule has 0 radical (unpaired) electrons. The smallest absolute Gasteiger partial charge is 0.233 e. The van der Waals surface area contributed by atoms with E-state index in [9.17, 15) is 4.79 Å². The van der Waals surface area contributed by atoms with Gasteiger partial charge in [-0.25, -0.2) is 0 Å². The zero-order chi connectivity index (χ0) is 13.8. The van der Waals surface area contributed by atoms with E-state index in [2.05, 4.69) is 19.1 Å². The third-order valence-electron chi connectivity index (χ3n) is 3.26. The maximum absolute atomic E-state index is 12.3. The second kappa shape index (κ2) is 6.01. The van der Waals surface area contributed by atoms with Crippen LogP contribution in [0.3, 0.4) is 0 Å². The highest BCUT2D eigenvalue weighted by Gasteiger charge is 2.29. The maximum Gasteiger partial charge on any atom is 0.233 e. The van der Waals surface area contributed by atoms with Crippen LogP contribution in [0, 0.1) is 5.41 Å². The van der Waals surface area contributed by atoms with Gasteiger partial charge in [0.15, 0.2) is 0 Å². The zero-order valence-electron chi connectivity index (χ0n) is 11.9. The molecular weight excluding hydrogens is 224 g/mol. The minimum absolute atomic E-state index is 0.0493. The lowest BCUT2D eigenvalue weighted by molar-refractivity contribution is -0.125. The fraction of sp³-hybridized carbons (Fsp3) is 0.533. The molecule has 0 aromatic heterocycles. The van der Waals surface area contributed by atoms with E-state index in [1.54, 1.807) is 11.9 Å². The highest BCUT2D eigenvalue weighted by atomic mass is 16.2. The highest BCUT2D eigenvalue weighted by molar-refractivity contribution is 5.96. The summed E-state index contributed by atoms with van der Waals surface area (Å²) in [6.45, 7) is 6.26. The number of carbonyl (C=O) groups is 1.